The number of thiazole rings is 1. The number of aryl methyl sites for hydroxylation is 2. The molecule has 0 saturated carbocycles. The molecule has 4 aromatic rings. The van der Waals surface area contributed by atoms with Crippen LogP contribution in [0, 0.1) is 12.3 Å². The Kier molecular flexibility index (Phi) is 5.89. The van der Waals surface area contributed by atoms with E-state index in [9.17, 15) is 9.59 Å². The molecule has 1 fully saturated rings. The van der Waals surface area contributed by atoms with E-state index >= 15 is 0 Å². The lowest BCUT2D eigenvalue weighted by Crippen LogP contribution is -2.53. The smallest absolute Gasteiger partial charge is 0.260 e. The Morgan fingerprint density at radius 2 is 1.91 bits per heavy atom. The van der Waals surface area contributed by atoms with Crippen molar-refractivity contribution in [1.29, 1.82) is 0 Å². The van der Waals surface area contributed by atoms with E-state index in [1.54, 1.807) is 33.9 Å². The number of nitrogens with one attached hydrogen (secondary N) is 2. The second kappa shape index (κ2) is 8.90. The molecule has 182 valence electrons. The fourth-order valence-electron chi connectivity index (χ4n) is 4.35. The Labute approximate surface area is 207 Å². The van der Waals surface area contributed by atoms with Crippen LogP contribution >= 0.6 is 11.3 Å². The molecule has 0 unspecified atom stereocenters. The number of hydrogen-bond donors (Lipinski definition) is 2. The van der Waals surface area contributed by atoms with Crippen molar-refractivity contribution < 1.29 is 9.59 Å². The maximum atomic E-state index is 13.1. The molecule has 1 aliphatic rings. The van der Waals surface area contributed by atoms with E-state index in [-0.39, 0.29) is 11.8 Å². The molecule has 0 radical (unpaired) electrons. The molecule has 2 N–H and O–H groups in total. The summed E-state index contributed by atoms with van der Waals surface area (Å²) in [5, 5.41) is 14.4. The highest BCUT2D eigenvalue weighted by Crippen LogP contribution is 2.31. The van der Waals surface area contributed by atoms with Crippen molar-refractivity contribution >= 4 is 39.4 Å². The third-order valence-corrected chi connectivity index (χ3v) is 7.17. The minimum Gasteiger partial charge on any atom is -0.325 e. The van der Waals surface area contributed by atoms with Crippen LogP contribution in [-0.2, 0) is 11.8 Å². The second-order valence-corrected chi connectivity index (χ2v) is 10.8. The van der Waals surface area contributed by atoms with E-state index in [1.807, 2.05) is 26.4 Å². The highest BCUT2D eigenvalue weighted by molar-refractivity contribution is 7.21. The van der Waals surface area contributed by atoms with Gasteiger partial charge in [0.25, 0.3) is 5.91 Å². The van der Waals surface area contributed by atoms with Crippen LogP contribution in [0.1, 0.15) is 36.3 Å². The summed E-state index contributed by atoms with van der Waals surface area (Å²) < 4.78 is 3.43. The van der Waals surface area contributed by atoms with Crippen molar-refractivity contribution in [1.82, 2.24) is 29.3 Å². The Bertz CT molecular complexity index is 1410. The van der Waals surface area contributed by atoms with Gasteiger partial charge in [0.1, 0.15) is 4.83 Å². The minimum atomic E-state index is -0.284. The summed E-state index contributed by atoms with van der Waals surface area (Å²) in [6.45, 7) is 9.02. The van der Waals surface area contributed by atoms with Gasteiger partial charge in [0.05, 0.1) is 46.1 Å². The SMILES string of the molecule is Cc1ncc(NC(=O)CCN2CC(C)(C)C2)cc1NC(=O)c1cnn2cc(-c3cnn(C)c3)sc12. The van der Waals surface area contributed by atoms with Crippen molar-refractivity contribution in [3.8, 4) is 10.4 Å². The van der Waals surface area contributed by atoms with Crippen molar-refractivity contribution in [2.75, 3.05) is 30.3 Å². The van der Waals surface area contributed by atoms with Crippen molar-refractivity contribution in [3.63, 3.8) is 0 Å². The molecular formula is C24H28N8O2S. The number of likely N-dealkylation sites (tertiary alicyclic amines) is 1. The number of pyridine rings is 1. The first-order chi connectivity index (χ1) is 16.7. The Morgan fingerprint density at radius 3 is 2.63 bits per heavy atom. The third-order valence-electron chi connectivity index (χ3n) is 6.01. The lowest BCUT2D eigenvalue weighted by Gasteiger charge is -2.45. The third kappa shape index (κ3) is 4.96. The molecule has 1 aliphatic heterocycles. The quantitative estimate of drug-likeness (QED) is 0.409. The molecule has 0 aromatic carbocycles. The number of amides is 2. The molecule has 2 amide bonds. The predicted octanol–water partition coefficient (Wildman–Crippen LogP) is 3.42. The van der Waals surface area contributed by atoms with Gasteiger partial charge in [-0.25, -0.2) is 4.52 Å². The van der Waals surface area contributed by atoms with Gasteiger partial charge in [-0.05, 0) is 18.4 Å². The van der Waals surface area contributed by atoms with E-state index in [4.69, 9.17) is 0 Å². The number of fused-ring (bicyclic) bond motifs is 1. The lowest BCUT2D eigenvalue weighted by molar-refractivity contribution is -0.117. The highest BCUT2D eigenvalue weighted by atomic mass is 32.1. The zero-order valence-corrected chi connectivity index (χ0v) is 21.0. The van der Waals surface area contributed by atoms with Gasteiger partial charge in [0, 0.05) is 51.1 Å². The van der Waals surface area contributed by atoms with Gasteiger partial charge in [-0.15, -0.1) is 11.3 Å². The topological polar surface area (TPSA) is 109 Å². The van der Waals surface area contributed by atoms with Gasteiger partial charge in [-0.3, -0.25) is 19.3 Å². The first-order valence-electron chi connectivity index (χ1n) is 11.4. The first kappa shape index (κ1) is 23.2. The maximum Gasteiger partial charge on any atom is 0.260 e. The van der Waals surface area contributed by atoms with Gasteiger partial charge in [0.15, 0.2) is 0 Å². The molecule has 0 atom stereocenters. The number of rotatable bonds is 7. The summed E-state index contributed by atoms with van der Waals surface area (Å²) in [7, 11) is 1.86. The van der Waals surface area contributed by atoms with Gasteiger partial charge in [-0.1, -0.05) is 13.8 Å². The normalized spacial score (nSPS) is 15.2. The van der Waals surface area contributed by atoms with Gasteiger partial charge in [0.2, 0.25) is 5.91 Å². The van der Waals surface area contributed by atoms with E-state index in [2.05, 4.69) is 44.6 Å². The zero-order chi connectivity index (χ0) is 24.7. The number of carbonyl (C=O) groups excluding carboxylic acids is 2. The molecule has 11 heteroatoms. The Balaban J connectivity index is 1.25. The van der Waals surface area contributed by atoms with Crippen LogP contribution in [0.25, 0.3) is 15.3 Å². The van der Waals surface area contributed by atoms with Crippen LogP contribution in [-0.4, -0.2) is 60.7 Å². The molecule has 5 heterocycles. The average molecular weight is 493 g/mol. The molecule has 1 saturated heterocycles. The van der Waals surface area contributed by atoms with Crippen molar-refractivity contribution in [3.05, 3.63) is 48.3 Å². The van der Waals surface area contributed by atoms with Crippen LogP contribution < -0.4 is 10.6 Å². The number of nitrogens with zero attached hydrogens (tertiary/aromatic N) is 6. The molecule has 10 nitrogen and oxygen atoms in total. The fourth-order valence-corrected chi connectivity index (χ4v) is 5.38. The van der Waals surface area contributed by atoms with Crippen LogP contribution in [0.3, 0.4) is 0 Å². The Morgan fingerprint density at radius 1 is 1.11 bits per heavy atom. The van der Waals surface area contributed by atoms with E-state index in [1.165, 1.54) is 11.3 Å². The number of anilines is 2. The van der Waals surface area contributed by atoms with E-state index < -0.39 is 0 Å². The summed E-state index contributed by atoms with van der Waals surface area (Å²) in [6, 6.07) is 1.74. The summed E-state index contributed by atoms with van der Waals surface area (Å²) in [5.41, 5.74) is 3.53. The van der Waals surface area contributed by atoms with Crippen LogP contribution in [0.15, 0.2) is 37.1 Å². The molecule has 0 bridgehead atoms. The largest absolute Gasteiger partial charge is 0.325 e. The summed E-state index contributed by atoms with van der Waals surface area (Å²) in [4.78, 5) is 33.9. The highest BCUT2D eigenvalue weighted by Gasteiger charge is 2.33. The molecule has 4 aromatic heterocycles. The monoisotopic (exact) mass is 492 g/mol. The molecule has 35 heavy (non-hydrogen) atoms. The van der Waals surface area contributed by atoms with E-state index in [0.717, 1.165) is 34.9 Å². The average Bonchev–Trinajstić information content (AvgIpc) is 3.48. The zero-order valence-electron chi connectivity index (χ0n) is 20.2. The standard InChI is InChI=1S/C24H28N8O2S/c1-15-19(7-17(9-25-15)28-21(33)5-6-31-13-24(2,3)14-31)29-22(34)18-10-27-32-12-20(35-23(18)32)16-8-26-30(4)11-16/h7-12H,5-6,13-14H2,1-4H3,(H,28,33)(H,29,34). The van der Waals surface area contributed by atoms with Gasteiger partial charge in [-0.2, -0.15) is 10.2 Å². The fraction of sp³-hybridized carbons (Fsp3) is 0.375. The van der Waals surface area contributed by atoms with Gasteiger partial charge < -0.3 is 15.5 Å². The summed E-state index contributed by atoms with van der Waals surface area (Å²) >= 11 is 1.48. The van der Waals surface area contributed by atoms with Crippen LogP contribution in [0.4, 0.5) is 11.4 Å². The number of carbonyl (C=O) groups is 2. The maximum absolute atomic E-state index is 13.1. The number of hydrogen-bond acceptors (Lipinski definition) is 7. The van der Waals surface area contributed by atoms with Crippen molar-refractivity contribution in [2.24, 2.45) is 12.5 Å². The minimum absolute atomic E-state index is 0.0718. The lowest BCUT2D eigenvalue weighted by atomic mass is 9.84. The molecule has 5 rings (SSSR count). The molecule has 0 aliphatic carbocycles. The van der Waals surface area contributed by atoms with Crippen LogP contribution in [0.5, 0.6) is 0 Å². The van der Waals surface area contributed by atoms with Crippen LogP contribution in [0.2, 0.25) is 0 Å². The summed E-state index contributed by atoms with van der Waals surface area (Å²) in [5.74, 6) is -0.356. The Hall–Kier alpha value is -3.57. The van der Waals surface area contributed by atoms with E-state index in [0.29, 0.717) is 34.5 Å². The first-order valence-corrected chi connectivity index (χ1v) is 12.2. The second-order valence-electron chi connectivity index (χ2n) is 9.79. The molecule has 0 spiro atoms. The predicted molar refractivity (Wildman–Crippen MR) is 136 cm³/mol. The van der Waals surface area contributed by atoms with Gasteiger partial charge >= 0.3 is 0 Å². The van der Waals surface area contributed by atoms with Crippen molar-refractivity contribution in [2.45, 2.75) is 27.2 Å². The molecular weight excluding hydrogens is 464 g/mol. The number of aromatic nitrogens is 5. The summed E-state index contributed by atoms with van der Waals surface area (Å²) in [6.07, 6.45) is 9.16.